The third kappa shape index (κ3) is 66.7. The van der Waals surface area contributed by atoms with Gasteiger partial charge in [-0.1, -0.05) is 0 Å². The Morgan fingerprint density at radius 1 is 1.12 bits per heavy atom. The van der Waals surface area contributed by atoms with Gasteiger partial charge < -0.3 is 5.71 Å². The van der Waals surface area contributed by atoms with Crippen molar-refractivity contribution in [1.82, 2.24) is 0 Å². The van der Waals surface area contributed by atoms with E-state index in [0.717, 1.165) is 0 Å². The zero-order chi connectivity index (χ0) is 4.50. The molecule has 0 atom stereocenters. The van der Waals surface area contributed by atoms with E-state index in [1.54, 1.807) is 0 Å². The first kappa shape index (κ1) is 22.4. The van der Waals surface area contributed by atoms with Gasteiger partial charge in [-0.2, -0.15) is 8.42 Å². The first-order valence-corrected chi connectivity index (χ1v) is 2.10. The van der Waals surface area contributed by atoms with E-state index in [4.69, 9.17) is 17.5 Å². The van der Waals surface area contributed by atoms with Gasteiger partial charge in [0.1, 0.15) is 0 Å². The Morgan fingerprint density at radius 2 is 1.12 bits per heavy atom. The van der Waals surface area contributed by atoms with E-state index in [2.05, 4.69) is 0 Å². The molecule has 0 aliphatic rings. The first-order chi connectivity index (χ1) is 2.00. The minimum atomic E-state index is -4.67. The zero-order valence-electron chi connectivity index (χ0n) is 7.94. The fraction of sp³-hybridized carbons (Fsp3) is 0. The Morgan fingerprint density at radius 3 is 1.12 bits per heavy atom. The molecule has 8 heavy (non-hydrogen) atoms. The van der Waals surface area contributed by atoms with Crippen LogP contribution in [0.1, 0.15) is 5.71 Å². The zero-order valence-corrected chi connectivity index (χ0v) is 10.9. The molecule has 0 radical (unpaired) electrons. The summed E-state index contributed by atoms with van der Waals surface area (Å²) >= 11 is 0. The summed E-state index contributed by atoms with van der Waals surface area (Å²) < 4.78 is 31.6. The van der Waals surface area contributed by atoms with Gasteiger partial charge in [-0.05, 0) is 0 Å². The van der Waals surface area contributed by atoms with Crippen molar-refractivity contribution in [2.75, 3.05) is 0 Å². The number of rotatable bonds is 0. The van der Waals surface area contributed by atoms with E-state index in [9.17, 15) is 0 Å². The fourth-order valence-corrected chi connectivity index (χ4v) is 0. The average Bonchev–Trinajstić information content (AvgIpc) is 0.722. The molecule has 0 unspecified atom stereocenters. The van der Waals surface area contributed by atoms with Crippen molar-refractivity contribution in [2.45, 2.75) is 0 Å². The van der Waals surface area contributed by atoms with E-state index in [0.29, 0.717) is 0 Å². The monoisotopic (exact) mass is 262 g/mol. The second-order valence-corrected chi connectivity index (χ2v) is 1.34. The van der Waals surface area contributed by atoms with Gasteiger partial charge in [0.25, 0.3) is 0 Å². The van der Waals surface area contributed by atoms with Crippen LogP contribution in [0.15, 0.2) is 0 Å². The summed E-state index contributed by atoms with van der Waals surface area (Å²) in [6, 6.07) is 0. The van der Waals surface area contributed by atoms with Gasteiger partial charge in [-0.15, -0.1) is 17.0 Å². The molecule has 0 aromatic rings. The van der Waals surface area contributed by atoms with Crippen LogP contribution < -0.4 is 0 Å². The van der Waals surface area contributed by atoms with Crippen LogP contribution in [-0.4, -0.2) is 93.0 Å². The molecule has 0 amide bonds. The number of hydrogen-bond donors (Lipinski definition) is 2. The smallest absolute Gasteiger partial charge is 1.00 e. The van der Waals surface area contributed by atoms with Crippen LogP contribution in [0.2, 0.25) is 0 Å². The van der Waals surface area contributed by atoms with Crippen molar-refractivity contribution in [1.29, 1.82) is 0 Å². The summed E-state index contributed by atoms with van der Waals surface area (Å²) in [6.07, 6.45) is 0. The molecular weight excluding hydrogens is 256 g/mol. The van der Waals surface area contributed by atoms with E-state index in [-0.39, 0.29) is 98.2 Å². The summed E-state index contributed by atoms with van der Waals surface area (Å²) in [6.45, 7) is 0. The van der Waals surface area contributed by atoms with Crippen LogP contribution in [0.5, 0.6) is 0 Å². The molecule has 0 saturated carbocycles. The van der Waals surface area contributed by atoms with Crippen molar-refractivity contribution < 1.29 is 23.2 Å². The molecule has 0 aromatic carbocycles. The van der Waals surface area contributed by atoms with Gasteiger partial charge in [0.15, 0.2) is 0 Å². The molecule has 2 N–H and O–H groups in total. The molecule has 0 saturated heterocycles. The van der Waals surface area contributed by atoms with Gasteiger partial charge in [0.05, 0.1) is 0 Å². The third-order valence-electron chi connectivity index (χ3n) is 0. The SMILES string of the molecule is Br.O=S(=O)(O)O.[Ca+2].[Ca+2].[H-].[H-].[H-].[H-]. The van der Waals surface area contributed by atoms with E-state index >= 15 is 0 Å². The van der Waals surface area contributed by atoms with Gasteiger partial charge in [0.2, 0.25) is 0 Å². The molecule has 0 aromatic heterocycles. The maximum absolute atomic E-state index is 8.74. The van der Waals surface area contributed by atoms with Crippen molar-refractivity contribution in [3.05, 3.63) is 0 Å². The second-order valence-electron chi connectivity index (χ2n) is 0.448. The van der Waals surface area contributed by atoms with Gasteiger partial charge in [0, 0.05) is 0 Å². The summed E-state index contributed by atoms with van der Waals surface area (Å²) in [5.74, 6) is 0. The standard InChI is InChI=1S/BrH.2Ca.H2O4S.4H/c;;;1-5(2,3)4;;;;/h1H;;;(H2,1,2,3,4);;;;/q;2*+2;;4*-1. The van der Waals surface area contributed by atoms with E-state index in [1.165, 1.54) is 0 Å². The van der Waals surface area contributed by atoms with Crippen molar-refractivity contribution >= 4 is 103 Å². The predicted octanol–water partition coefficient (Wildman–Crippen LogP) is -0.386. The summed E-state index contributed by atoms with van der Waals surface area (Å²) in [5, 5.41) is 0. The topological polar surface area (TPSA) is 74.6 Å². The molecule has 0 aliphatic heterocycles. The van der Waals surface area contributed by atoms with Crippen molar-refractivity contribution in [2.24, 2.45) is 0 Å². The fourth-order valence-electron chi connectivity index (χ4n) is 0. The molecule has 0 rings (SSSR count). The molecule has 4 nitrogen and oxygen atoms in total. The van der Waals surface area contributed by atoms with Gasteiger partial charge in [-0.25, -0.2) is 0 Å². The van der Waals surface area contributed by atoms with Crippen LogP contribution in [0.4, 0.5) is 0 Å². The van der Waals surface area contributed by atoms with Crippen LogP contribution in [0.3, 0.4) is 0 Å². The summed E-state index contributed by atoms with van der Waals surface area (Å²) in [7, 11) is -4.67. The Hall–Kier alpha value is 2.87. The minimum absolute atomic E-state index is 0. The third-order valence-corrected chi connectivity index (χ3v) is 0. The Bertz CT molecular complexity index is 108. The van der Waals surface area contributed by atoms with Crippen molar-refractivity contribution in [3.8, 4) is 0 Å². The molecule has 0 fully saturated rings. The maximum atomic E-state index is 8.74. The minimum Gasteiger partial charge on any atom is -1.00 e. The summed E-state index contributed by atoms with van der Waals surface area (Å²) in [4.78, 5) is 0. The summed E-state index contributed by atoms with van der Waals surface area (Å²) in [5.41, 5.74) is 0. The van der Waals surface area contributed by atoms with Crippen molar-refractivity contribution in [3.63, 3.8) is 0 Å². The van der Waals surface area contributed by atoms with Crippen LogP contribution in [0, 0.1) is 0 Å². The number of hydrogen-bond acceptors (Lipinski definition) is 2. The molecule has 48 valence electrons. The Labute approximate surface area is 124 Å². The quantitative estimate of drug-likeness (QED) is 0.461. The van der Waals surface area contributed by atoms with E-state index < -0.39 is 10.4 Å². The van der Waals surface area contributed by atoms with Gasteiger partial charge >= 0.3 is 85.9 Å². The molecule has 8 heteroatoms. The molecular formula is H7BrCa2O4S. The maximum Gasteiger partial charge on any atom is 2.00 e. The van der Waals surface area contributed by atoms with Crippen LogP contribution in [-0.2, 0) is 10.4 Å². The van der Waals surface area contributed by atoms with Gasteiger partial charge in [-0.3, -0.25) is 9.11 Å². The Kier molecular flexibility index (Phi) is 27.7. The molecule has 0 heterocycles. The Balaban J connectivity index is -0.00000000381. The number of halogens is 1. The van der Waals surface area contributed by atoms with Crippen LogP contribution >= 0.6 is 17.0 Å². The van der Waals surface area contributed by atoms with Crippen LogP contribution in [0.25, 0.3) is 0 Å². The normalized spacial score (nSPS) is 7.25. The largest absolute Gasteiger partial charge is 2.00 e. The molecule has 0 spiro atoms. The predicted molar refractivity (Wildman–Crippen MR) is 40.5 cm³/mol. The van der Waals surface area contributed by atoms with E-state index in [1.807, 2.05) is 0 Å². The molecule has 0 aliphatic carbocycles. The molecule has 0 bridgehead atoms. The second kappa shape index (κ2) is 9.87. The average molecular weight is 263 g/mol. The first-order valence-electron chi connectivity index (χ1n) is 0.698.